The van der Waals surface area contributed by atoms with Crippen LogP contribution in [0.25, 0.3) is 0 Å². The maximum absolute atomic E-state index is 12.9. The number of hydrogen-bond acceptors (Lipinski definition) is 6. The van der Waals surface area contributed by atoms with E-state index >= 15 is 0 Å². The van der Waals surface area contributed by atoms with E-state index in [1.54, 1.807) is 43.5 Å². The molecule has 0 bridgehead atoms. The average molecular weight is 518 g/mol. The first-order chi connectivity index (χ1) is 16.3. The number of esters is 1. The number of hydrogen-bond donors (Lipinski definition) is 1. The van der Waals surface area contributed by atoms with Crippen molar-refractivity contribution in [1.29, 1.82) is 0 Å². The first kappa shape index (κ1) is 23.6. The highest BCUT2D eigenvalue weighted by atomic mass is 35.5. The van der Waals surface area contributed by atoms with Gasteiger partial charge in [-0.05, 0) is 66.7 Å². The second-order valence-electron chi connectivity index (χ2n) is 7.00. The van der Waals surface area contributed by atoms with Crippen LogP contribution in [0, 0.1) is 0 Å². The Morgan fingerprint density at radius 3 is 2.15 bits per heavy atom. The molecule has 0 saturated heterocycles. The number of carbonyl (C=O) groups is 3. The molecule has 0 saturated carbocycles. The van der Waals surface area contributed by atoms with Gasteiger partial charge in [0.25, 0.3) is 11.8 Å². The molecule has 0 unspecified atom stereocenters. The first-order valence-corrected chi connectivity index (χ1v) is 10.9. The zero-order valence-corrected chi connectivity index (χ0v) is 19.7. The van der Waals surface area contributed by atoms with Crippen LogP contribution < -0.4 is 19.7 Å². The molecule has 1 aliphatic heterocycles. The topological polar surface area (TPSA) is 84.9 Å². The molecule has 1 aliphatic rings. The standard InChI is InChI=1S/C24H15Cl3N2O5/c1-33-16-7-9-17(10-8-16)34-24(32)13-2-5-15(6-3-13)28-21-20(27)22(30)29(23(21)31)19-12-14(25)4-11-18(19)26/h2-12,28H,1H3. The summed E-state index contributed by atoms with van der Waals surface area (Å²) >= 11 is 18.3. The zero-order chi connectivity index (χ0) is 24.4. The fraction of sp³-hybridized carbons (Fsp3) is 0.0417. The van der Waals surface area contributed by atoms with Crippen molar-refractivity contribution in [3.8, 4) is 11.5 Å². The lowest BCUT2D eigenvalue weighted by Crippen LogP contribution is -2.32. The van der Waals surface area contributed by atoms with Crippen LogP contribution in [0.4, 0.5) is 11.4 Å². The number of ether oxygens (including phenoxy) is 2. The minimum atomic E-state index is -0.738. The van der Waals surface area contributed by atoms with E-state index in [2.05, 4.69) is 5.32 Å². The molecular formula is C24H15Cl3N2O5. The van der Waals surface area contributed by atoms with Gasteiger partial charge in [-0.25, -0.2) is 9.69 Å². The van der Waals surface area contributed by atoms with E-state index in [0.717, 1.165) is 4.90 Å². The van der Waals surface area contributed by atoms with Crippen LogP contribution in [0.3, 0.4) is 0 Å². The molecule has 34 heavy (non-hydrogen) atoms. The van der Waals surface area contributed by atoms with Gasteiger partial charge in [-0.3, -0.25) is 9.59 Å². The molecule has 3 aromatic rings. The molecule has 1 heterocycles. The number of benzene rings is 3. The monoisotopic (exact) mass is 516 g/mol. The van der Waals surface area contributed by atoms with Gasteiger partial charge in [-0.15, -0.1) is 0 Å². The number of imide groups is 1. The molecule has 10 heteroatoms. The summed E-state index contributed by atoms with van der Waals surface area (Å²) in [6.45, 7) is 0. The van der Waals surface area contributed by atoms with Crippen molar-refractivity contribution in [3.63, 3.8) is 0 Å². The lowest BCUT2D eigenvalue weighted by atomic mass is 10.2. The maximum Gasteiger partial charge on any atom is 0.343 e. The summed E-state index contributed by atoms with van der Waals surface area (Å²) < 4.78 is 10.4. The Labute approximate surface area is 209 Å². The number of carbonyl (C=O) groups excluding carboxylic acids is 3. The summed E-state index contributed by atoms with van der Waals surface area (Å²) in [5.41, 5.74) is 0.698. The molecule has 0 aromatic heterocycles. The van der Waals surface area contributed by atoms with Gasteiger partial charge in [0.05, 0.1) is 23.4 Å². The van der Waals surface area contributed by atoms with Gasteiger partial charge in [0, 0.05) is 10.7 Å². The Hall–Kier alpha value is -3.52. The summed E-state index contributed by atoms with van der Waals surface area (Å²) in [5, 5.41) is 2.99. The van der Waals surface area contributed by atoms with Gasteiger partial charge in [-0.2, -0.15) is 0 Å². The van der Waals surface area contributed by atoms with Crippen molar-refractivity contribution in [2.45, 2.75) is 0 Å². The van der Waals surface area contributed by atoms with Crippen LogP contribution in [-0.4, -0.2) is 24.9 Å². The lowest BCUT2D eigenvalue weighted by molar-refractivity contribution is -0.120. The number of methoxy groups -OCH3 is 1. The third kappa shape index (κ3) is 4.72. The van der Waals surface area contributed by atoms with Crippen molar-refractivity contribution < 1.29 is 23.9 Å². The number of amides is 2. The third-order valence-electron chi connectivity index (χ3n) is 4.84. The third-order valence-corrected chi connectivity index (χ3v) is 5.74. The van der Waals surface area contributed by atoms with Crippen molar-refractivity contribution in [2.24, 2.45) is 0 Å². The van der Waals surface area contributed by atoms with Crippen LogP contribution in [-0.2, 0) is 9.59 Å². The molecule has 1 N–H and O–H groups in total. The molecule has 4 rings (SSSR count). The van der Waals surface area contributed by atoms with Crippen molar-refractivity contribution in [1.82, 2.24) is 0 Å². The van der Waals surface area contributed by atoms with E-state index in [9.17, 15) is 14.4 Å². The minimum Gasteiger partial charge on any atom is -0.497 e. The highest BCUT2D eigenvalue weighted by Crippen LogP contribution is 2.35. The Bertz CT molecular complexity index is 1320. The first-order valence-electron chi connectivity index (χ1n) is 9.75. The average Bonchev–Trinajstić information content (AvgIpc) is 3.04. The van der Waals surface area contributed by atoms with Crippen LogP contribution in [0.2, 0.25) is 10.0 Å². The molecule has 0 atom stereocenters. The smallest absolute Gasteiger partial charge is 0.343 e. The van der Waals surface area contributed by atoms with Crippen LogP contribution in [0.15, 0.2) is 77.5 Å². The number of anilines is 2. The molecule has 2 amide bonds. The summed E-state index contributed by atoms with van der Waals surface area (Å²) in [4.78, 5) is 38.8. The molecule has 0 aliphatic carbocycles. The highest BCUT2D eigenvalue weighted by Gasteiger charge is 2.40. The number of nitrogens with zero attached hydrogens (tertiary/aromatic N) is 1. The Balaban J connectivity index is 1.48. The normalized spacial score (nSPS) is 13.4. The second-order valence-corrected chi connectivity index (χ2v) is 8.22. The minimum absolute atomic E-state index is 0.121. The van der Waals surface area contributed by atoms with E-state index in [4.69, 9.17) is 44.3 Å². The van der Waals surface area contributed by atoms with Crippen LogP contribution in [0.1, 0.15) is 10.4 Å². The summed E-state index contributed by atoms with van der Waals surface area (Å²) in [5.74, 6) is -0.998. The molecule has 172 valence electrons. The van der Waals surface area contributed by atoms with E-state index in [1.165, 1.54) is 30.3 Å². The predicted molar refractivity (Wildman–Crippen MR) is 130 cm³/mol. The predicted octanol–water partition coefficient (Wildman–Crippen LogP) is 5.66. The fourth-order valence-electron chi connectivity index (χ4n) is 3.13. The summed E-state index contributed by atoms with van der Waals surface area (Å²) in [6.07, 6.45) is 0. The highest BCUT2D eigenvalue weighted by molar-refractivity contribution is 6.54. The van der Waals surface area contributed by atoms with Gasteiger partial charge < -0.3 is 14.8 Å². The molecule has 0 radical (unpaired) electrons. The maximum atomic E-state index is 12.9. The molecule has 7 nitrogen and oxygen atoms in total. The van der Waals surface area contributed by atoms with E-state index in [-0.39, 0.29) is 27.0 Å². The van der Waals surface area contributed by atoms with Crippen molar-refractivity contribution in [3.05, 3.63) is 93.1 Å². The number of rotatable bonds is 6. The van der Waals surface area contributed by atoms with Gasteiger partial charge in [-0.1, -0.05) is 34.8 Å². The van der Waals surface area contributed by atoms with Crippen molar-refractivity contribution >= 4 is 64.0 Å². The number of halogens is 3. The Morgan fingerprint density at radius 2 is 1.50 bits per heavy atom. The van der Waals surface area contributed by atoms with Gasteiger partial charge in [0.15, 0.2) is 0 Å². The number of nitrogens with one attached hydrogen (secondary N) is 1. The Kier molecular flexibility index (Phi) is 6.79. The van der Waals surface area contributed by atoms with Gasteiger partial charge in [0.1, 0.15) is 22.2 Å². The Morgan fingerprint density at radius 1 is 0.853 bits per heavy atom. The van der Waals surface area contributed by atoms with Gasteiger partial charge in [0.2, 0.25) is 0 Å². The van der Waals surface area contributed by atoms with Gasteiger partial charge >= 0.3 is 5.97 Å². The SMILES string of the molecule is COc1ccc(OC(=O)c2ccc(NC3=C(Cl)C(=O)N(c4cc(Cl)ccc4Cl)C3=O)cc2)cc1. The van der Waals surface area contributed by atoms with E-state index in [0.29, 0.717) is 22.2 Å². The lowest BCUT2D eigenvalue weighted by Gasteiger charge is -2.17. The summed E-state index contributed by atoms with van der Waals surface area (Å²) in [6, 6.07) is 17.1. The molecule has 0 spiro atoms. The van der Waals surface area contributed by atoms with E-state index in [1.807, 2.05) is 0 Å². The van der Waals surface area contributed by atoms with Crippen molar-refractivity contribution in [2.75, 3.05) is 17.3 Å². The zero-order valence-electron chi connectivity index (χ0n) is 17.5. The van der Waals surface area contributed by atoms with Crippen LogP contribution in [0.5, 0.6) is 11.5 Å². The molecule has 3 aromatic carbocycles. The molecule has 0 fully saturated rings. The largest absolute Gasteiger partial charge is 0.497 e. The van der Waals surface area contributed by atoms with E-state index < -0.39 is 17.8 Å². The molecular weight excluding hydrogens is 503 g/mol. The quantitative estimate of drug-likeness (QED) is 0.258. The van der Waals surface area contributed by atoms with Crippen LogP contribution >= 0.6 is 34.8 Å². The second kappa shape index (κ2) is 9.77. The summed E-state index contributed by atoms with van der Waals surface area (Å²) in [7, 11) is 1.54. The fourth-order valence-corrected chi connectivity index (χ4v) is 3.71.